The van der Waals surface area contributed by atoms with E-state index >= 15 is 0 Å². The Labute approximate surface area is 137 Å². The molecule has 0 radical (unpaired) electrons. The van der Waals surface area contributed by atoms with Crippen LogP contribution in [0.4, 0.5) is 0 Å². The number of amides is 1. The molecule has 1 amide bonds. The lowest BCUT2D eigenvalue weighted by Gasteiger charge is -2.18. The van der Waals surface area contributed by atoms with Crippen molar-refractivity contribution in [3.63, 3.8) is 0 Å². The molecule has 122 valence electrons. The Bertz CT molecular complexity index is 795. The number of nitrogens with zero attached hydrogens (tertiary/aromatic N) is 1. The van der Waals surface area contributed by atoms with Gasteiger partial charge in [-0.05, 0) is 32.0 Å². The van der Waals surface area contributed by atoms with Crippen molar-refractivity contribution in [2.45, 2.75) is 13.8 Å². The minimum absolute atomic E-state index is 0.226. The van der Waals surface area contributed by atoms with E-state index in [1.165, 1.54) is 17.0 Å². The largest absolute Gasteiger partial charge is 0.450 e. The second kappa shape index (κ2) is 7.28. The van der Waals surface area contributed by atoms with Crippen LogP contribution in [0.15, 0.2) is 33.5 Å². The van der Waals surface area contributed by atoms with Crippen molar-refractivity contribution in [1.29, 1.82) is 0 Å². The van der Waals surface area contributed by atoms with Gasteiger partial charge in [-0.3, -0.25) is 9.59 Å². The number of likely N-dealkylation sites (N-methyl/N-ethyl adjacent to an activating group) is 1. The number of benzene rings is 1. The van der Waals surface area contributed by atoms with Crippen LogP contribution < -0.4 is 5.43 Å². The zero-order chi connectivity index (χ0) is 17.0. The van der Waals surface area contributed by atoms with E-state index in [0.717, 1.165) is 6.07 Å². The first-order valence-corrected chi connectivity index (χ1v) is 7.52. The molecule has 1 aromatic carbocycles. The third kappa shape index (κ3) is 3.90. The molecule has 6 nitrogen and oxygen atoms in total. The van der Waals surface area contributed by atoms with Crippen molar-refractivity contribution in [3.05, 3.63) is 45.3 Å². The maximum absolute atomic E-state index is 12.0. The van der Waals surface area contributed by atoms with Crippen molar-refractivity contribution >= 4 is 34.4 Å². The zero-order valence-corrected chi connectivity index (χ0v) is 13.6. The molecule has 0 unspecified atom stereocenters. The molecule has 0 bridgehead atoms. The lowest BCUT2D eigenvalue weighted by Crippen LogP contribution is -2.34. The molecule has 2 aromatic rings. The van der Waals surface area contributed by atoms with Crippen LogP contribution in [0.2, 0.25) is 5.02 Å². The first-order valence-electron chi connectivity index (χ1n) is 7.14. The predicted molar refractivity (Wildman–Crippen MR) is 85.7 cm³/mol. The highest BCUT2D eigenvalue weighted by Crippen LogP contribution is 2.18. The number of carbonyl (C=O) groups is 2. The topological polar surface area (TPSA) is 76.8 Å². The number of halogens is 1. The van der Waals surface area contributed by atoms with E-state index in [1.807, 2.05) is 13.8 Å². The van der Waals surface area contributed by atoms with Gasteiger partial charge < -0.3 is 14.1 Å². The summed E-state index contributed by atoms with van der Waals surface area (Å²) >= 11 is 5.82. The minimum Gasteiger partial charge on any atom is -0.450 e. The number of rotatable bonds is 5. The van der Waals surface area contributed by atoms with Crippen LogP contribution >= 0.6 is 11.6 Å². The van der Waals surface area contributed by atoms with Gasteiger partial charge in [0.25, 0.3) is 5.91 Å². The fourth-order valence-corrected chi connectivity index (χ4v) is 2.27. The molecule has 0 N–H and O–H groups in total. The third-order valence-corrected chi connectivity index (χ3v) is 3.57. The van der Waals surface area contributed by atoms with Gasteiger partial charge in [0.05, 0.1) is 5.39 Å². The number of hydrogen-bond donors (Lipinski definition) is 0. The molecule has 7 heteroatoms. The molecule has 23 heavy (non-hydrogen) atoms. The van der Waals surface area contributed by atoms with Crippen molar-refractivity contribution in [2.75, 3.05) is 19.7 Å². The molecule has 0 saturated carbocycles. The van der Waals surface area contributed by atoms with Crippen LogP contribution in [0.5, 0.6) is 0 Å². The normalized spacial score (nSPS) is 10.6. The van der Waals surface area contributed by atoms with Crippen LogP contribution in [0.3, 0.4) is 0 Å². The second-order valence-electron chi connectivity index (χ2n) is 4.76. The Balaban J connectivity index is 2.17. The van der Waals surface area contributed by atoms with Crippen LogP contribution in [0, 0.1) is 0 Å². The lowest BCUT2D eigenvalue weighted by molar-refractivity contribution is -0.134. The van der Waals surface area contributed by atoms with E-state index in [9.17, 15) is 14.4 Å². The summed E-state index contributed by atoms with van der Waals surface area (Å²) in [6, 6.07) is 5.54. The van der Waals surface area contributed by atoms with Gasteiger partial charge in [-0.25, -0.2) is 4.79 Å². The molecule has 0 fully saturated rings. The number of ether oxygens (including phenoxy) is 1. The van der Waals surface area contributed by atoms with Gasteiger partial charge in [0.2, 0.25) is 5.76 Å². The van der Waals surface area contributed by atoms with Gasteiger partial charge in [0.15, 0.2) is 12.0 Å². The third-order valence-electron chi connectivity index (χ3n) is 3.33. The highest BCUT2D eigenvalue weighted by Gasteiger charge is 2.17. The SMILES string of the molecule is CCN(CC)C(=O)COC(=O)c1cc(=O)c2cc(Cl)ccc2o1. The highest BCUT2D eigenvalue weighted by molar-refractivity contribution is 6.31. The highest BCUT2D eigenvalue weighted by atomic mass is 35.5. The summed E-state index contributed by atoms with van der Waals surface area (Å²) in [4.78, 5) is 37.3. The molecule has 0 saturated heterocycles. The minimum atomic E-state index is -0.862. The molecule has 0 spiro atoms. The molecule has 1 aromatic heterocycles. The Morgan fingerprint density at radius 1 is 1.22 bits per heavy atom. The van der Waals surface area contributed by atoms with E-state index in [-0.39, 0.29) is 22.6 Å². The maximum atomic E-state index is 12.0. The molecule has 0 aliphatic rings. The molecule has 0 aliphatic carbocycles. The summed E-state index contributed by atoms with van der Waals surface area (Å²) in [7, 11) is 0. The summed E-state index contributed by atoms with van der Waals surface area (Å²) in [5.74, 6) is -1.42. The fourth-order valence-electron chi connectivity index (χ4n) is 2.10. The summed E-state index contributed by atoms with van der Waals surface area (Å²) in [6.07, 6.45) is 0. The summed E-state index contributed by atoms with van der Waals surface area (Å²) in [5.41, 5.74) is -0.181. The van der Waals surface area contributed by atoms with Gasteiger partial charge in [0, 0.05) is 24.2 Å². The predicted octanol–water partition coefficient (Wildman–Crippen LogP) is 2.47. The van der Waals surface area contributed by atoms with Gasteiger partial charge in [-0.1, -0.05) is 11.6 Å². The Morgan fingerprint density at radius 2 is 1.91 bits per heavy atom. The van der Waals surface area contributed by atoms with Crippen LogP contribution in [0.25, 0.3) is 11.0 Å². The first kappa shape index (κ1) is 17.0. The van der Waals surface area contributed by atoms with Crippen LogP contribution in [0.1, 0.15) is 24.4 Å². The molecular formula is C16H16ClNO5. The molecular weight excluding hydrogens is 322 g/mol. The van der Waals surface area contributed by atoms with Gasteiger partial charge in [-0.15, -0.1) is 0 Å². The van der Waals surface area contributed by atoms with E-state index in [0.29, 0.717) is 18.1 Å². The van der Waals surface area contributed by atoms with Gasteiger partial charge >= 0.3 is 5.97 Å². The van der Waals surface area contributed by atoms with Crippen LogP contribution in [-0.4, -0.2) is 36.5 Å². The van der Waals surface area contributed by atoms with Gasteiger partial charge in [-0.2, -0.15) is 0 Å². The number of carbonyl (C=O) groups excluding carboxylic acids is 2. The smallest absolute Gasteiger partial charge is 0.374 e. The summed E-state index contributed by atoms with van der Waals surface area (Å²) < 4.78 is 10.3. The van der Waals surface area contributed by atoms with Crippen molar-refractivity contribution < 1.29 is 18.7 Å². The summed E-state index contributed by atoms with van der Waals surface area (Å²) in [5, 5.41) is 0.665. The quantitative estimate of drug-likeness (QED) is 0.783. The van der Waals surface area contributed by atoms with E-state index in [4.69, 9.17) is 20.8 Å². The monoisotopic (exact) mass is 337 g/mol. The molecule has 1 heterocycles. The average molecular weight is 338 g/mol. The standard InChI is InChI=1S/C16H16ClNO5/c1-3-18(4-2)15(20)9-22-16(21)14-8-12(19)11-7-10(17)5-6-13(11)23-14/h5-8H,3-4,9H2,1-2H3. The van der Waals surface area contributed by atoms with E-state index in [2.05, 4.69) is 0 Å². The lowest BCUT2D eigenvalue weighted by atomic mass is 10.2. The second-order valence-corrected chi connectivity index (χ2v) is 5.19. The zero-order valence-electron chi connectivity index (χ0n) is 12.8. The number of fused-ring (bicyclic) bond motifs is 1. The Morgan fingerprint density at radius 3 is 2.57 bits per heavy atom. The molecule has 0 atom stereocenters. The fraction of sp³-hybridized carbons (Fsp3) is 0.312. The summed E-state index contributed by atoms with van der Waals surface area (Å²) in [6.45, 7) is 4.31. The van der Waals surface area contributed by atoms with Gasteiger partial charge in [0.1, 0.15) is 5.58 Å². The van der Waals surface area contributed by atoms with E-state index in [1.54, 1.807) is 6.07 Å². The first-order chi connectivity index (χ1) is 11.0. The molecule has 2 rings (SSSR count). The van der Waals surface area contributed by atoms with Crippen molar-refractivity contribution in [2.24, 2.45) is 0 Å². The Hall–Kier alpha value is -2.34. The Kier molecular flexibility index (Phi) is 5.39. The van der Waals surface area contributed by atoms with Crippen molar-refractivity contribution in [3.8, 4) is 0 Å². The number of esters is 1. The molecule has 0 aliphatic heterocycles. The van der Waals surface area contributed by atoms with E-state index < -0.39 is 18.0 Å². The number of hydrogen-bond acceptors (Lipinski definition) is 5. The average Bonchev–Trinajstić information content (AvgIpc) is 2.54. The maximum Gasteiger partial charge on any atom is 0.374 e. The van der Waals surface area contributed by atoms with Crippen LogP contribution in [-0.2, 0) is 9.53 Å². The van der Waals surface area contributed by atoms with Crippen molar-refractivity contribution in [1.82, 2.24) is 4.90 Å².